The van der Waals surface area contributed by atoms with Crippen LogP contribution < -0.4 is 9.62 Å². The molecule has 2 saturated heterocycles. The van der Waals surface area contributed by atoms with Crippen molar-refractivity contribution in [2.24, 2.45) is 0 Å². The van der Waals surface area contributed by atoms with Crippen LogP contribution >= 0.6 is 0 Å². The Morgan fingerprint density at radius 1 is 0.971 bits per heavy atom. The highest BCUT2D eigenvalue weighted by molar-refractivity contribution is 7.92. The highest BCUT2D eigenvalue weighted by Gasteiger charge is 2.46. The predicted octanol–water partition coefficient (Wildman–Crippen LogP) is 1.64. The van der Waals surface area contributed by atoms with Crippen LogP contribution in [0.5, 0.6) is 0 Å². The summed E-state index contributed by atoms with van der Waals surface area (Å²) in [5.41, 5.74) is -3.70. The number of morpholine rings is 1. The van der Waals surface area contributed by atoms with Gasteiger partial charge in [-0.2, -0.15) is 25.9 Å². The zero-order valence-corrected chi connectivity index (χ0v) is 20.1. The molecule has 0 bridgehead atoms. The molecule has 3 heterocycles. The SMILES string of the molecule is O=S(=O)(Nc1cnccc1CN1CCN(c2ccc(S(=O)(=O)C(F)(F)F)cc2)C1)N1CCOCC1. The number of anilines is 2. The lowest BCUT2D eigenvalue weighted by Crippen LogP contribution is -2.43. The molecule has 2 fully saturated rings. The van der Waals surface area contributed by atoms with E-state index in [1.807, 2.05) is 9.80 Å². The van der Waals surface area contributed by atoms with Gasteiger partial charge >= 0.3 is 15.7 Å². The maximum Gasteiger partial charge on any atom is 0.501 e. The Labute approximate surface area is 201 Å². The second-order valence-electron chi connectivity index (χ2n) is 8.05. The maximum atomic E-state index is 12.8. The third-order valence-electron chi connectivity index (χ3n) is 5.73. The summed E-state index contributed by atoms with van der Waals surface area (Å²) in [4.78, 5) is 7.14. The molecule has 192 valence electrons. The first-order valence-corrected chi connectivity index (χ1v) is 13.6. The third-order valence-corrected chi connectivity index (χ3v) is 8.75. The number of pyridine rings is 1. The summed E-state index contributed by atoms with van der Waals surface area (Å²) in [5, 5.41) is 0. The average molecular weight is 536 g/mol. The van der Waals surface area contributed by atoms with Crippen molar-refractivity contribution in [1.29, 1.82) is 0 Å². The van der Waals surface area contributed by atoms with Crippen molar-refractivity contribution in [2.45, 2.75) is 16.9 Å². The zero-order chi connectivity index (χ0) is 25.3. The molecule has 1 N–H and O–H groups in total. The number of sulfone groups is 1. The quantitative estimate of drug-likeness (QED) is 0.570. The fraction of sp³-hybridized carbons (Fsp3) is 0.450. The first-order chi connectivity index (χ1) is 16.5. The Hall–Kier alpha value is -2.46. The van der Waals surface area contributed by atoms with Crippen molar-refractivity contribution < 1.29 is 34.7 Å². The smallest absolute Gasteiger partial charge is 0.379 e. The lowest BCUT2D eigenvalue weighted by Gasteiger charge is -2.27. The molecule has 0 unspecified atom stereocenters. The van der Waals surface area contributed by atoms with Crippen LogP contribution in [0.2, 0.25) is 0 Å². The molecule has 4 rings (SSSR count). The summed E-state index contributed by atoms with van der Waals surface area (Å²) < 4.78 is 96.0. The normalized spacial score (nSPS) is 18.7. The zero-order valence-electron chi connectivity index (χ0n) is 18.5. The molecule has 0 saturated carbocycles. The minimum absolute atomic E-state index is 0.259. The van der Waals surface area contributed by atoms with Gasteiger partial charge in [0.1, 0.15) is 0 Å². The third kappa shape index (κ3) is 5.69. The molecule has 10 nitrogen and oxygen atoms in total. The van der Waals surface area contributed by atoms with Gasteiger partial charge in [-0.3, -0.25) is 14.6 Å². The van der Waals surface area contributed by atoms with Gasteiger partial charge < -0.3 is 9.64 Å². The molecule has 2 aromatic rings. The van der Waals surface area contributed by atoms with E-state index in [1.165, 1.54) is 22.6 Å². The van der Waals surface area contributed by atoms with E-state index in [4.69, 9.17) is 4.74 Å². The number of hydrogen-bond donors (Lipinski definition) is 1. The fourth-order valence-electron chi connectivity index (χ4n) is 3.84. The Kier molecular flexibility index (Phi) is 7.24. The Morgan fingerprint density at radius 2 is 1.66 bits per heavy atom. The first-order valence-electron chi connectivity index (χ1n) is 10.6. The van der Waals surface area contributed by atoms with E-state index >= 15 is 0 Å². The van der Waals surface area contributed by atoms with Crippen molar-refractivity contribution in [3.05, 3.63) is 48.3 Å². The molecule has 0 spiro atoms. The molecular weight excluding hydrogens is 511 g/mol. The average Bonchev–Trinajstić information content (AvgIpc) is 3.29. The summed E-state index contributed by atoms with van der Waals surface area (Å²) in [5.74, 6) is 0. The van der Waals surface area contributed by atoms with Gasteiger partial charge in [-0.25, -0.2) is 8.42 Å². The minimum atomic E-state index is -5.40. The molecule has 1 aromatic heterocycles. The summed E-state index contributed by atoms with van der Waals surface area (Å²) in [6.07, 6.45) is 3.01. The van der Waals surface area contributed by atoms with Gasteiger partial charge in [0.05, 0.1) is 36.7 Å². The van der Waals surface area contributed by atoms with Gasteiger partial charge in [0.25, 0.3) is 9.84 Å². The maximum absolute atomic E-state index is 12.8. The van der Waals surface area contributed by atoms with Crippen LogP contribution in [0.3, 0.4) is 0 Å². The number of rotatable bonds is 7. The van der Waals surface area contributed by atoms with E-state index in [1.54, 1.807) is 12.3 Å². The number of nitrogens with one attached hydrogen (secondary N) is 1. The van der Waals surface area contributed by atoms with E-state index in [0.717, 1.165) is 12.1 Å². The van der Waals surface area contributed by atoms with Gasteiger partial charge in [0, 0.05) is 44.6 Å². The monoisotopic (exact) mass is 535 g/mol. The number of nitrogens with zero attached hydrogens (tertiary/aromatic N) is 4. The van der Waals surface area contributed by atoms with E-state index in [9.17, 15) is 30.0 Å². The van der Waals surface area contributed by atoms with Crippen molar-refractivity contribution in [2.75, 3.05) is 55.7 Å². The van der Waals surface area contributed by atoms with E-state index in [2.05, 4.69) is 9.71 Å². The molecule has 35 heavy (non-hydrogen) atoms. The van der Waals surface area contributed by atoms with E-state index in [0.29, 0.717) is 56.5 Å². The van der Waals surface area contributed by atoms with Crippen molar-refractivity contribution in [1.82, 2.24) is 14.2 Å². The van der Waals surface area contributed by atoms with Crippen LogP contribution in [0.4, 0.5) is 24.5 Å². The second kappa shape index (κ2) is 9.89. The van der Waals surface area contributed by atoms with Crippen LogP contribution in [0.1, 0.15) is 5.56 Å². The largest absolute Gasteiger partial charge is 0.501 e. The number of alkyl halides is 3. The molecule has 0 atom stereocenters. The van der Waals surface area contributed by atoms with E-state index < -0.39 is 30.5 Å². The molecule has 2 aliphatic rings. The number of hydrogen-bond acceptors (Lipinski definition) is 8. The summed E-state index contributed by atoms with van der Waals surface area (Å²) in [6.45, 7) is 3.17. The summed E-state index contributed by atoms with van der Waals surface area (Å²) in [7, 11) is -9.17. The van der Waals surface area contributed by atoms with Crippen molar-refractivity contribution >= 4 is 31.4 Å². The molecule has 15 heteroatoms. The second-order valence-corrected chi connectivity index (χ2v) is 11.7. The number of aromatic nitrogens is 1. The van der Waals surface area contributed by atoms with Crippen LogP contribution in [0.15, 0.2) is 47.6 Å². The summed E-state index contributed by atoms with van der Waals surface area (Å²) in [6, 6.07) is 6.30. The fourth-order valence-corrected chi connectivity index (χ4v) is 5.82. The van der Waals surface area contributed by atoms with Gasteiger partial charge in [0.2, 0.25) is 0 Å². The van der Waals surface area contributed by atoms with Gasteiger partial charge in [-0.05, 0) is 35.9 Å². The number of benzene rings is 1. The molecule has 0 amide bonds. The predicted molar refractivity (Wildman–Crippen MR) is 121 cm³/mol. The van der Waals surface area contributed by atoms with E-state index in [-0.39, 0.29) is 13.1 Å². The number of halogens is 3. The van der Waals surface area contributed by atoms with Crippen LogP contribution in [0.25, 0.3) is 0 Å². The van der Waals surface area contributed by atoms with Crippen LogP contribution in [-0.2, 0) is 31.3 Å². The Morgan fingerprint density at radius 3 is 2.31 bits per heavy atom. The first kappa shape index (κ1) is 25.6. The molecule has 2 aliphatic heterocycles. The lowest BCUT2D eigenvalue weighted by atomic mass is 10.2. The van der Waals surface area contributed by atoms with Crippen molar-refractivity contribution in [3.63, 3.8) is 0 Å². The minimum Gasteiger partial charge on any atom is -0.379 e. The Bertz CT molecular complexity index is 1250. The number of ether oxygens (including phenoxy) is 1. The van der Waals surface area contributed by atoms with Gasteiger partial charge in [-0.15, -0.1) is 0 Å². The highest BCUT2D eigenvalue weighted by atomic mass is 32.2. The molecular formula is C20H24F3N5O5S2. The molecule has 0 radical (unpaired) electrons. The summed E-state index contributed by atoms with van der Waals surface area (Å²) >= 11 is 0. The van der Waals surface area contributed by atoms with Gasteiger partial charge in [-0.1, -0.05) is 0 Å². The van der Waals surface area contributed by atoms with Gasteiger partial charge in [0.15, 0.2) is 0 Å². The Balaban J connectivity index is 1.42. The standard InChI is InChI=1S/C20H24F3N5O5S2/c21-20(22,23)34(29,30)18-3-1-17(2-4-18)27-8-7-26(15-27)14-16-5-6-24-13-19(16)25-35(31,32)28-9-11-33-12-10-28/h1-6,13,25H,7-12,14-15H2. The van der Waals surface area contributed by atoms with Crippen LogP contribution in [-0.4, -0.2) is 82.6 Å². The lowest BCUT2D eigenvalue weighted by molar-refractivity contribution is -0.0436. The topological polar surface area (TPSA) is 112 Å². The molecule has 1 aromatic carbocycles. The highest BCUT2D eigenvalue weighted by Crippen LogP contribution is 2.31. The van der Waals surface area contributed by atoms with Crippen molar-refractivity contribution in [3.8, 4) is 0 Å². The van der Waals surface area contributed by atoms with Crippen LogP contribution in [0, 0.1) is 0 Å². The molecule has 0 aliphatic carbocycles.